The molecule has 1 amide bonds. The summed E-state index contributed by atoms with van der Waals surface area (Å²) < 4.78 is 1.90. The number of pyridine rings is 1. The van der Waals surface area contributed by atoms with E-state index in [-0.39, 0.29) is 11.3 Å². The number of hydrogen-bond acceptors (Lipinski definition) is 4. The van der Waals surface area contributed by atoms with Gasteiger partial charge in [-0.05, 0) is 37.1 Å². The maximum Gasteiger partial charge on any atom is 0.255 e. The van der Waals surface area contributed by atoms with Crippen molar-refractivity contribution in [3.05, 3.63) is 71.0 Å². The number of allylic oxidation sites excluding steroid dienone is 1. The zero-order valence-corrected chi connectivity index (χ0v) is 17.0. The fourth-order valence-corrected chi connectivity index (χ4v) is 3.40. The Morgan fingerprint density at radius 2 is 2.00 bits per heavy atom. The van der Waals surface area contributed by atoms with Crippen molar-refractivity contribution in [2.45, 2.75) is 39.0 Å². The first kappa shape index (κ1) is 19.0. The summed E-state index contributed by atoms with van der Waals surface area (Å²) in [5, 5.41) is 14.9. The molecular formula is C23H25N5O. The second kappa shape index (κ2) is 7.57. The van der Waals surface area contributed by atoms with Gasteiger partial charge in [-0.1, -0.05) is 44.7 Å². The summed E-state index contributed by atoms with van der Waals surface area (Å²) in [6.07, 6.45) is 5.53. The molecule has 6 heteroatoms. The Hall–Kier alpha value is -3.37. The van der Waals surface area contributed by atoms with Crippen LogP contribution < -0.4 is 10.6 Å². The second-order valence-electron chi connectivity index (χ2n) is 8.23. The lowest BCUT2D eigenvalue weighted by Crippen LogP contribution is -2.25. The summed E-state index contributed by atoms with van der Waals surface area (Å²) in [6, 6.07) is 11.8. The predicted molar refractivity (Wildman–Crippen MR) is 115 cm³/mol. The summed E-state index contributed by atoms with van der Waals surface area (Å²) in [5.41, 5.74) is 7.53. The topological polar surface area (TPSA) is 71.3 Å². The van der Waals surface area contributed by atoms with E-state index < -0.39 is 0 Å². The van der Waals surface area contributed by atoms with Gasteiger partial charge in [-0.25, -0.2) is 0 Å². The molecule has 0 fully saturated rings. The van der Waals surface area contributed by atoms with Gasteiger partial charge in [0.25, 0.3) is 5.91 Å². The zero-order chi connectivity index (χ0) is 20.4. The van der Waals surface area contributed by atoms with Crippen LogP contribution in [0.5, 0.6) is 0 Å². The fourth-order valence-electron chi connectivity index (χ4n) is 3.40. The number of rotatable bonds is 5. The molecule has 2 aromatic heterocycles. The van der Waals surface area contributed by atoms with Gasteiger partial charge in [0.1, 0.15) is 5.82 Å². The maximum atomic E-state index is 12.7. The number of nitrogens with one attached hydrogen (secondary N) is 2. The Bertz CT molecular complexity index is 1130. The summed E-state index contributed by atoms with van der Waals surface area (Å²) >= 11 is 0. The minimum atomic E-state index is -0.151. The summed E-state index contributed by atoms with van der Waals surface area (Å²) in [5.74, 6) is 0.708. The smallest absolute Gasteiger partial charge is 0.255 e. The van der Waals surface area contributed by atoms with Crippen LogP contribution in [0, 0.1) is 0 Å². The van der Waals surface area contributed by atoms with Crippen LogP contribution in [0.15, 0.2) is 54.0 Å². The lowest BCUT2D eigenvalue weighted by atomic mass is 9.96. The van der Waals surface area contributed by atoms with Crippen LogP contribution in [0.2, 0.25) is 0 Å². The molecule has 0 atom stereocenters. The Balaban J connectivity index is 1.38. The molecule has 0 unspecified atom stereocenters. The molecule has 0 aliphatic carbocycles. The number of carbonyl (C=O) groups excluding carboxylic acids is 1. The van der Waals surface area contributed by atoms with Crippen LogP contribution in [-0.4, -0.2) is 27.0 Å². The van der Waals surface area contributed by atoms with E-state index in [0.29, 0.717) is 17.8 Å². The molecule has 2 N–H and O–H groups in total. The molecule has 1 aromatic carbocycles. The van der Waals surface area contributed by atoms with Gasteiger partial charge < -0.3 is 10.6 Å². The van der Waals surface area contributed by atoms with Crippen LogP contribution in [-0.2, 0) is 5.41 Å². The molecule has 0 spiro atoms. The Labute approximate surface area is 170 Å². The van der Waals surface area contributed by atoms with Crippen molar-refractivity contribution in [1.82, 2.24) is 19.9 Å². The predicted octanol–water partition coefficient (Wildman–Crippen LogP) is 4.16. The van der Waals surface area contributed by atoms with E-state index in [2.05, 4.69) is 59.5 Å². The van der Waals surface area contributed by atoms with Gasteiger partial charge in [0.2, 0.25) is 0 Å². The number of aromatic nitrogens is 3. The zero-order valence-electron chi connectivity index (χ0n) is 17.0. The SMILES string of the molecule is CC(C)(C)c1nnc2c(C(=O)NCCCC3=C=Cc4ccccc4N3)cccn12. The Morgan fingerprint density at radius 3 is 2.83 bits per heavy atom. The lowest BCUT2D eigenvalue weighted by molar-refractivity contribution is 0.0954. The number of anilines is 1. The van der Waals surface area contributed by atoms with Crippen molar-refractivity contribution in [3.8, 4) is 0 Å². The van der Waals surface area contributed by atoms with Gasteiger partial charge in [0.05, 0.1) is 11.3 Å². The fraction of sp³-hybridized carbons (Fsp3) is 0.304. The molecule has 4 rings (SSSR count). The van der Waals surface area contributed by atoms with Gasteiger partial charge in [0, 0.05) is 29.4 Å². The van der Waals surface area contributed by atoms with Crippen LogP contribution in [0.25, 0.3) is 11.7 Å². The third-order valence-electron chi connectivity index (χ3n) is 4.89. The maximum absolute atomic E-state index is 12.7. The summed E-state index contributed by atoms with van der Waals surface area (Å²) in [6.45, 7) is 6.82. The average Bonchev–Trinajstić information content (AvgIpc) is 3.15. The first-order valence-corrected chi connectivity index (χ1v) is 9.87. The van der Waals surface area contributed by atoms with E-state index in [4.69, 9.17) is 0 Å². The minimum Gasteiger partial charge on any atom is -0.352 e. The van der Waals surface area contributed by atoms with Gasteiger partial charge in [-0.3, -0.25) is 9.20 Å². The Kier molecular flexibility index (Phi) is 4.95. The van der Waals surface area contributed by atoms with Crippen molar-refractivity contribution >= 4 is 23.3 Å². The molecule has 1 aliphatic rings. The monoisotopic (exact) mass is 387 g/mol. The lowest BCUT2D eigenvalue weighted by Gasteiger charge is -2.16. The number of nitrogens with zero attached hydrogens (tertiary/aromatic N) is 3. The molecular weight excluding hydrogens is 362 g/mol. The first-order valence-electron chi connectivity index (χ1n) is 9.87. The van der Waals surface area contributed by atoms with E-state index in [1.165, 1.54) is 0 Å². The normalized spacial score (nSPS) is 13.0. The molecule has 1 aliphatic heterocycles. The first-order chi connectivity index (χ1) is 13.9. The van der Waals surface area contributed by atoms with E-state index >= 15 is 0 Å². The molecule has 0 bridgehead atoms. The molecule has 0 saturated heterocycles. The van der Waals surface area contributed by atoms with Crippen LogP contribution in [0.3, 0.4) is 0 Å². The van der Waals surface area contributed by atoms with E-state index in [0.717, 1.165) is 35.6 Å². The van der Waals surface area contributed by atoms with Gasteiger partial charge >= 0.3 is 0 Å². The number of fused-ring (bicyclic) bond motifs is 2. The summed E-state index contributed by atoms with van der Waals surface area (Å²) in [4.78, 5) is 12.7. The second-order valence-corrected chi connectivity index (χ2v) is 8.23. The summed E-state index contributed by atoms with van der Waals surface area (Å²) in [7, 11) is 0. The van der Waals surface area contributed by atoms with E-state index in [1.54, 1.807) is 6.07 Å². The highest BCUT2D eigenvalue weighted by Crippen LogP contribution is 2.24. The third kappa shape index (κ3) is 3.93. The number of carbonyl (C=O) groups is 1. The van der Waals surface area contributed by atoms with Gasteiger partial charge in [0.15, 0.2) is 5.65 Å². The molecule has 148 valence electrons. The van der Waals surface area contributed by atoms with Crippen molar-refractivity contribution in [2.75, 3.05) is 11.9 Å². The third-order valence-corrected chi connectivity index (χ3v) is 4.89. The molecule has 3 aromatic rings. The molecule has 29 heavy (non-hydrogen) atoms. The van der Waals surface area contributed by atoms with Crippen molar-refractivity contribution in [1.29, 1.82) is 0 Å². The van der Waals surface area contributed by atoms with E-state index in [1.807, 2.05) is 34.9 Å². The van der Waals surface area contributed by atoms with Crippen LogP contribution in [0.1, 0.15) is 55.4 Å². The number of para-hydroxylation sites is 1. The number of benzene rings is 1. The number of amides is 1. The van der Waals surface area contributed by atoms with Crippen molar-refractivity contribution < 1.29 is 4.79 Å². The highest BCUT2D eigenvalue weighted by Gasteiger charge is 2.23. The van der Waals surface area contributed by atoms with Crippen molar-refractivity contribution in [2.24, 2.45) is 0 Å². The minimum absolute atomic E-state index is 0.130. The van der Waals surface area contributed by atoms with Crippen LogP contribution in [0.4, 0.5) is 5.69 Å². The highest BCUT2D eigenvalue weighted by molar-refractivity contribution is 5.99. The molecule has 6 nitrogen and oxygen atoms in total. The van der Waals surface area contributed by atoms with Gasteiger partial charge in [-0.2, -0.15) is 0 Å². The molecule has 0 saturated carbocycles. The van der Waals surface area contributed by atoms with Crippen LogP contribution >= 0.6 is 0 Å². The van der Waals surface area contributed by atoms with E-state index in [9.17, 15) is 4.79 Å². The highest BCUT2D eigenvalue weighted by atomic mass is 16.1. The average molecular weight is 387 g/mol. The standard InChI is InChI=1S/C23H25N5O/c1-23(2,3)22-27-26-20-18(10-7-15-28(20)22)21(29)24-14-6-9-17-13-12-16-8-4-5-11-19(16)25-17/h4-5,7-8,10-12,15,25H,6,9,14H2,1-3H3,(H,24,29). The quantitative estimate of drug-likeness (QED) is 0.509. The molecule has 0 radical (unpaired) electrons. The van der Waals surface area contributed by atoms with Gasteiger partial charge in [-0.15, -0.1) is 10.2 Å². The number of hydrogen-bond donors (Lipinski definition) is 2. The largest absolute Gasteiger partial charge is 0.352 e. The van der Waals surface area contributed by atoms with Crippen molar-refractivity contribution in [3.63, 3.8) is 0 Å². The molecule has 3 heterocycles. The Morgan fingerprint density at radius 1 is 1.17 bits per heavy atom.